The summed E-state index contributed by atoms with van der Waals surface area (Å²) in [5.41, 5.74) is 0.696. The fourth-order valence-corrected chi connectivity index (χ4v) is 7.40. The average molecular weight is 503 g/mol. The largest absolute Gasteiger partial charge is 0.477 e. The van der Waals surface area contributed by atoms with Crippen LogP contribution >= 0.6 is 23.1 Å². The molecule has 4 heterocycles. The van der Waals surface area contributed by atoms with Crippen LogP contribution in [0.5, 0.6) is 0 Å². The molecule has 10 nitrogen and oxygen atoms in total. The molecule has 0 saturated carbocycles. The van der Waals surface area contributed by atoms with Crippen LogP contribution in [-0.2, 0) is 26.2 Å². The number of aliphatic carboxylic acids is 1. The van der Waals surface area contributed by atoms with Crippen molar-refractivity contribution in [2.45, 2.75) is 50.3 Å². The number of carbonyl (C=O) groups excluding carboxylic acids is 1. The molecule has 13 heteroatoms. The van der Waals surface area contributed by atoms with Gasteiger partial charge in [-0.15, -0.1) is 23.1 Å². The predicted octanol–water partition coefficient (Wildman–Crippen LogP) is 0.482. The minimum Gasteiger partial charge on any atom is -0.477 e. The zero-order valence-corrected chi connectivity index (χ0v) is 20.3. The first-order valence-corrected chi connectivity index (χ1v) is 13.9. The van der Waals surface area contributed by atoms with Gasteiger partial charge in [0, 0.05) is 28.0 Å². The van der Waals surface area contributed by atoms with E-state index in [-0.39, 0.29) is 41.4 Å². The maximum Gasteiger partial charge on any atom is 0.353 e. The van der Waals surface area contributed by atoms with E-state index in [1.54, 1.807) is 6.92 Å². The summed E-state index contributed by atoms with van der Waals surface area (Å²) in [6, 6.07) is -0.316. The zero-order chi connectivity index (χ0) is 23.4. The van der Waals surface area contributed by atoms with Gasteiger partial charge >= 0.3 is 5.97 Å². The Morgan fingerprint density at radius 1 is 1.50 bits per heavy atom. The van der Waals surface area contributed by atoms with Crippen LogP contribution in [0.15, 0.2) is 16.0 Å². The average Bonchev–Trinajstić information content (AvgIpc) is 3.38. The lowest BCUT2D eigenvalue weighted by Gasteiger charge is -2.46. The van der Waals surface area contributed by atoms with Gasteiger partial charge < -0.3 is 20.4 Å². The Morgan fingerprint density at radius 3 is 2.84 bits per heavy atom. The van der Waals surface area contributed by atoms with Crippen molar-refractivity contribution in [1.82, 2.24) is 19.9 Å². The van der Waals surface area contributed by atoms with Gasteiger partial charge in [-0.1, -0.05) is 6.92 Å². The number of thioether (sulfide) groups is 1. The fraction of sp³-hybridized carbons (Fsp3) is 0.632. The van der Waals surface area contributed by atoms with Gasteiger partial charge in [0.15, 0.2) is 0 Å². The van der Waals surface area contributed by atoms with E-state index >= 15 is 0 Å². The summed E-state index contributed by atoms with van der Waals surface area (Å²) in [7, 11) is -3.29. The van der Waals surface area contributed by atoms with Crippen molar-refractivity contribution in [2.24, 2.45) is 11.8 Å². The van der Waals surface area contributed by atoms with E-state index < -0.39 is 28.0 Å². The highest BCUT2D eigenvalue weighted by Gasteiger charge is 2.60. The van der Waals surface area contributed by atoms with Crippen LogP contribution in [0.2, 0.25) is 0 Å². The summed E-state index contributed by atoms with van der Waals surface area (Å²) in [5, 5.41) is 26.0. The first-order chi connectivity index (χ1) is 15.0. The van der Waals surface area contributed by atoms with Gasteiger partial charge in [-0.3, -0.25) is 4.79 Å². The van der Waals surface area contributed by atoms with Crippen molar-refractivity contribution >= 4 is 45.0 Å². The molecule has 0 bridgehead atoms. The lowest BCUT2D eigenvalue weighted by atomic mass is 9.79. The van der Waals surface area contributed by atoms with E-state index in [1.165, 1.54) is 28.0 Å². The number of fused-ring (bicyclic) bond motifs is 1. The summed E-state index contributed by atoms with van der Waals surface area (Å²) in [4.78, 5) is 31.0. The van der Waals surface area contributed by atoms with E-state index in [9.17, 15) is 28.2 Å². The molecule has 2 unspecified atom stereocenters. The maximum absolute atomic E-state index is 12.5. The number of aliphatic hydroxyl groups excluding tert-OH is 1. The highest BCUT2D eigenvalue weighted by Crippen LogP contribution is 2.52. The van der Waals surface area contributed by atoms with Crippen LogP contribution in [0.25, 0.3) is 0 Å². The van der Waals surface area contributed by atoms with Crippen molar-refractivity contribution in [2.75, 3.05) is 12.8 Å². The Kier molecular flexibility index (Phi) is 6.42. The van der Waals surface area contributed by atoms with Crippen LogP contribution in [0.4, 0.5) is 0 Å². The van der Waals surface area contributed by atoms with Gasteiger partial charge in [0.1, 0.15) is 10.7 Å². The molecule has 0 aromatic carbocycles. The molecule has 1 aromatic rings. The summed E-state index contributed by atoms with van der Waals surface area (Å²) >= 11 is 2.95. The molecule has 2 fully saturated rings. The summed E-state index contributed by atoms with van der Waals surface area (Å²) < 4.78 is 25.0. The fourth-order valence-electron chi connectivity index (χ4n) is 4.61. The molecule has 2 saturated heterocycles. The number of aromatic nitrogens is 1. The van der Waals surface area contributed by atoms with Crippen LogP contribution in [-0.4, -0.2) is 70.6 Å². The standard InChI is InChI=1S/C19H26N4O6S3/c1-8-14-13(9(2)24)18(25)23(14)15(19(26)27)16(8)31-11-4-12(20-6-11)17-22-10(7-30-17)5-21-32(3,28)29/h7-9,11-14,20-21,24H,4-6H2,1-3H3,(H,26,27)/t8-,9-,11+,12+,13?,14?/m1/s1. The van der Waals surface area contributed by atoms with Gasteiger partial charge in [0.2, 0.25) is 15.9 Å². The summed E-state index contributed by atoms with van der Waals surface area (Å²) in [6.07, 6.45) is 1.02. The predicted molar refractivity (Wildman–Crippen MR) is 120 cm³/mol. The number of carboxylic acids is 1. The van der Waals surface area contributed by atoms with Crippen molar-refractivity contribution in [3.8, 4) is 0 Å². The zero-order valence-electron chi connectivity index (χ0n) is 17.8. The summed E-state index contributed by atoms with van der Waals surface area (Å²) in [5.74, 6) is -2.17. The van der Waals surface area contributed by atoms with E-state index in [1.807, 2.05) is 12.3 Å². The first-order valence-electron chi connectivity index (χ1n) is 10.3. The molecule has 0 radical (unpaired) electrons. The second kappa shape index (κ2) is 8.69. The molecule has 3 aliphatic rings. The number of hydrogen-bond acceptors (Lipinski definition) is 9. The summed E-state index contributed by atoms with van der Waals surface area (Å²) in [6.45, 7) is 4.28. The molecule has 32 heavy (non-hydrogen) atoms. The van der Waals surface area contributed by atoms with Crippen LogP contribution in [0.1, 0.15) is 37.0 Å². The molecule has 1 aromatic heterocycles. The Hall–Kier alpha value is -1.51. The third-order valence-electron chi connectivity index (χ3n) is 6.08. The van der Waals surface area contributed by atoms with Crippen LogP contribution in [0.3, 0.4) is 0 Å². The second-order valence-corrected chi connectivity index (χ2v) is 12.5. The molecule has 3 aliphatic heterocycles. The molecule has 176 valence electrons. The highest BCUT2D eigenvalue weighted by atomic mass is 32.2. The molecular weight excluding hydrogens is 476 g/mol. The Morgan fingerprint density at radius 2 is 2.22 bits per heavy atom. The maximum atomic E-state index is 12.5. The number of hydrogen-bond donors (Lipinski definition) is 4. The third-order valence-corrected chi connectivity index (χ3v) is 9.27. The van der Waals surface area contributed by atoms with E-state index in [4.69, 9.17) is 0 Å². The quantitative estimate of drug-likeness (QED) is 0.372. The van der Waals surface area contributed by atoms with E-state index in [0.717, 1.165) is 17.7 Å². The molecular formula is C19H26N4O6S3. The Bertz CT molecular complexity index is 1070. The van der Waals surface area contributed by atoms with Crippen molar-refractivity contribution in [3.63, 3.8) is 0 Å². The van der Waals surface area contributed by atoms with E-state index in [2.05, 4.69) is 15.0 Å². The van der Waals surface area contributed by atoms with Crippen molar-refractivity contribution in [3.05, 3.63) is 26.7 Å². The Labute approximate surface area is 194 Å². The number of amides is 1. The monoisotopic (exact) mass is 502 g/mol. The smallest absolute Gasteiger partial charge is 0.353 e. The minimum absolute atomic E-state index is 0.000978. The SMILES string of the molecule is C[C@@H](O)C1C(=O)N2C(C(=O)O)=C(S[C@@H]3CN[C@H](c4nc(CNS(C)(=O)=O)cs4)C3)[C@H](C)C12. The molecule has 0 spiro atoms. The number of sulfonamides is 1. The van der Waals surface area contributed by atoms with Gasteiger partial charge in [-0.2, -0.15) is 0 Å². The van der Waals surface area contributed by atoms with Crippen LogP contribution in [0, 0.1) is 11.8 Å². The molecule has 4 N–H and O–H groups in total. The number of nitrogens with one attached hydrogen (secondary N) is 2. The van der Waals surface area contributed by atoms with Gasteiger partial charge in [-0.05, 0) is 13.3 Å². The molecule has 0 aliphatic carbocycles. The van der Waals surface area contributed by atoms with Crippen molar-refractivity contribution < 1.29 is 28.2 Å². The van der Waals surface area contributed by atoms with Gasteiger partial charge in [-0.25, -0.2) is 22.9 Å². The van der Waals surface area contributed by atoms with Gasteiger partial charge in [0.05, 0.1) is 42.6 Å². The number of nitrogens with zero attached hydrogens (tertiary/aromatic N) is 2. The topological polar surface area (TPSA) is 149 Å². The van der Waals surface area contributed by atoms with Gasteiger partial charge in [0.25, 0.3) is 0 Å². The molecule has 4 rings (SSSR count). The Balaban J connectivity index is 1.44. The number of thiazole rings is 1. The number of rotatable bonds is 8. The van der Waals surface area contributed by atoms with E-state index in [0.29, 0.717) is 17.1 Å². The van der Waals surface area contributed by atoms with Crippen molar-refractivity contribution in [1.29, 1.82) is 0 Å². The second-order valence-electron chi connectivity index (χ2n) is 8.48. The highest BCUT2D eigenvalue weighted by molar-refractivity contribution is 8.03. The minimum atomic E-state index is -3.29. The third kappa shape index (κ3) is 4.33. The number of β-lactam (4-membered cyclic amide) rings is 1. The normalized spacial score (nSPS) is 31.1. The number of aliphatic hydroxyl groups is 1. The first kappa shape index (κ1) is 23.6. The van der Waals surface area contributed by atoms with Crippen LogP contribution < -0.4 is 10.0 Å². The molecule has 1 amide bonds. The lowest BCUT2D eigenvalue weighted by molar-refractivity contribution is -0.163. The number of carbonyl (C=O) groups is 2. The number of carboxylic acid groups (broad SMARTS) is 1. The molecule has 6 atom stereocenters. The lowest BCUT2D eigenvalue weighted by Crippen LogP contribution is -2.63.